The Morgan fingerprint density at radius 3 is 1.93 bits per heavy atom. The van der Waals surface area contributed by atoms with Gasteiger partial charge in [-0.1, -0.05) is 12.1 Å². The standard InChI is InChI=1S/C18H28N2O7/c1-8-7-12(21)14(23)17(26-8)19-10-5-3-4-6-11(10)20-18-16(25)15(24)13(22)9(2)27-18/h3-6,8-9,12-25H,7H2,1-2H3. The molecule has 2 aliphatic heterocycles. The molecule has 27 heavy (non-hydrogen) atoms. The van der Waals surface area contributed by atoms with E-state index in [1.807, 2.05) is 6.92 Å². The van der Waals surface area contributed by atoms with Crippen LogP contribution in [0.2, 0.25) is 0 Å². The van der Waals surface area contributed by atoms with Gasteiger partial charge in [0.1, 0.15) is 24.4 Å². The minimum atomic E-state index is -1.34. The molecule has 2 aliphatic rings. The summed E-state index contributed by atoms with van der Waals surface area (Å²) in [6.07, 6.45) is -8.14. The third-order valence-corrected chi connectivity index (χ3v) is 5.03. The van der Waals surface area contributed by atoms with Crippen molar-refractivity contribution in [1.29, 1.82) is 0 Å². The Morgan fingerprint density at radius 2 is 1.33 bits per heavy atom. The van der Waals surface area contributed by atoms with Crippen LogP contribution in [0.3, 0.4) is 0 Å². The van der Waals surface area contributed by atoms with Crippen LogP contribution in [0.5, 0.6) is 0 Å². The normalized spacial score (nSPS) is 42.6. The zero-order valence-electron chi connectivity index (χ0n) is 15.3. The molecule has 2 heterocycles. The number of para-hydroxylation sites is 2. The molecule has 0 bridgehead atoms. The van der Waals surface area contributed by atoms with E-state index in [0.29, 0.717) is 17.8 Å². The number of aliphatic hydroxyl groups is 5. The van der Waals surface area contributed by atoms with Crippen molar-refractivity contribution in [2.75, 3.05) is 10.6 Å². The third-order valence-electron chi connectivity index (χ3n) is 5.03. The number of ether oxygens (including phenoxy) is 2. The number of anilines is 2. The molecule has 9 nitrogen and oxygen atoms in total. The highest BCUT2D eigenvalue weighted by molar-refractivity contribution is 5.69. The van der Waals surface area contributed by atoms with Gasteiger partial charge in [0.25, 0.3) is 0 Å². The predicted octanol–water partition coefficient (Wildman–Crippen LogP) is -0.805. The van der Waals surface area contributed by atoms with E-state index in [4.69, 9.17) is 9.47 Å². The van der Waals surface area contributed by atoms with E-state index in [1.165, 1.54) is 0 Å². The van der Waals surface area contributed by atoms with E-state index in [-0.39, 0.29) is 6.10 Å². The largest absolute Gasteiger partial charge is 0.390 e. The first kappa shape index (κ1) is 20.3. The van der Waals surface area contributed by atoms with Crippen LogP contribution in [0, 0.1) is 0 Å². The van der Waals surface area contributed by atoms with E-state index in [2.05, 4.69) is 10.6 Å². The molecule has 152 valence electrons. The smallest absolute Gasteiger partial charge is 0.157 e. The lowest BCUT2D eigenvalue weighted by molar-refractivity contribution is -0.209. The van der Waals surface area contributed by atoms with Crippen molar-refractivity contribution >= 4 is 11.4 Å². The maximum Gasteiger partial charge on any atom is 0.157 e. The van der Waals surface area contributed by atoms with Gasteiger partial charge in [-0.3, -0.25) is 0 Å². The number of rotatable bonds is 4. The molecule has 0 spiro atoms. The molecule has 0 saturated carbocycles. The Kier molecular flexibility index (Phi) is 6.21. The summed E-state index contributed by atoms with van der Waals surface area (Å²) >= 11 is 0. The van der Waals surface area contributed by atoms with Crippen molar-refractivity contribution in [2.24, 2.45) is 0 Å². The third kappa shape index (κ3) is 4.35. The summed E-state index contributed by atoms with van der Waals surface area (Å²) in [6.45, 7) is 3.42. The summed E-state index contributed by atoms with van der Waals surface area (Å²) in [4.78, 5) is 0. The first-order valence-electron chi connectivity index (χ1n) is 9.11. The summed E-state index contributed by atoms with van der Waals surface area (Å²) in [5.41, 5.74) is 1.10. The molecule has 0 radical (unpaired) electrons. The zero-order chi connectivity index (χ0) is 19.7. The second-order valence-electron chi connectivity index (χ2n) is 7.23. The Morgan fingerprint density at radius 1 is 0.778 bits per heavy atom. The maximum absolute atomic E-state index is 10.2. The van der Waals surface area contributed by atoms with Gasteiger partial charge in [-0.05, 0) is 26.0 Å². The lowest BCUT2D eigenvalue weighted by Crippen LogP contribution is -2.58. The molecular formula is C18H28N2O7. The highest BCUT2D eigenvalue weighted by Gasteiger charge is 2.42. The van der Waals surface area contributed by atoms with Gasteiger partial charge in [0.05, 0.1) is 29.7 Å². The summed E-state index contributed by atoms with van der Waals surface area (Å²) in [7, 11) is 0. The molecule has 9 atom stereocenters. The van der Waals surface area contributed by atoms with Gasteiger partial charge in [0.15, 0.2) is 12.5 Å². The minimum absolute atomic E-state index is 0.220. The Labute approximate surface area is 157 Å². The van der Waals surface area contributed by atoms with Gasteiger partial charge in [0.2, 0.25) is 0 Å². The van der Waals surface area contributed by atoms with Gasteiger partial charge < -0.3 is 45.6 Å². The lowest BCUT2D eigenvalue weighted by atomic mass is 9.99. The van der Waals surface area contributed by atoms with Crippen LogP contribution >= 0.6 is 0 Å². The van der Waals surface area contributed by atoms with E-state index < -0.39 is 49.1 Å². The minimum Gasteiger partial charge on any atom is -0.390 e. The summed E-state index contributed by atoms with van der Waals surface area (Å²) in [5.74, 6) is 0. The van der Waals surface area contributed by atoms with Crippen LogP contribution in [-0.2, 0) is 9.47 Å². The first-order chi connectivity index (χ1) is 12.8. The van der Waals surface area contributed by atoms with Crippen molar-refractivity contribution in [1.82, 2.24) is 0 Å². The van der Waals surface area contributed by atoms with E-state index >= 15 is 0 Å². The first-order valence-corrected chi connectivity index (χ1v) is 9.11. The molecule has 7 N–H and O–H groups in total. The van der Waals surface area contributed by atoms with E-state index in [1.54, 1.807) is 31.2 Å². The lowest BCUT2D eigenvalue weighted by Gasteiger charge is -2.40. The van der Waals surface area contributed by atoms with Crippen molar-refractivity contribution in [2.45, 2.75) is 75.5 Å². The van der Waals surface area contributed by atoms with Gasteiger partial charge in [-0.25, -0.2) is 0 Å². The number of benzene rings is 1. The maximum atomic E-state index is 10.2. The van der Waals surface area contributed by atoms with Gasteiger partial charge in [-0.15, -0.1) is 0 Å². The number of nitrogens with one attached hydrogen (secondary N) is 2. The fourth-order valence-electron chi connectivity index (χ4n) is 3.40. The fraction of sp³-hybridized carbons (Fsp3) is 0.667. The molecule has 1 aromatic rings. The summed E-state index contributed by atoms with van der Waals surface area (Å²) in [5, 5.41) is 56.2. The average molecular weight is 384 g/mol. The molecular weight excluding hydrogens is 356 g/mol. The molecule has 0 aromatic heterocycles. The number of hydrogen-bond acceptors (Lipinski definition) is 9. The number of hydrogen-bond donors (Lipinski definition) is 7. The zero-order valence-corrected chi connectivity index (χ0v) is 15.3. The van der Waals surface area contributed by atoms with Crippen LogP contribution in [0.25, 0.3) is 0 Å². The molecule has 1 aromatic carbocycles. The molecule has 0 aliphatic carbocycles. The van der Waals surface area contributed by atoms with Crippen molar-refractivity contribution < 1.29 is 35.0 Å². The Bertz CT molecular complexity index is 633. The van der Waals surface area contributed by atoms with Crippen LogP contribution in [0.4, 0.5) is 11.4 Å². The average Bonchev–Trinajstić information content (AvgIpc) is 2.63. The SMILES string of the molecule is CC1CC(O)C(O)C(Nc2ccccc2NC2OC(C)C(O)C(O)C2O)O1. The number of aliphatic hydroxyl groups excluding tert-OH is 5. The van der Waals surface area contributed by atoms with Crippen LogP contribution in [-0.4, -0.2) is 80.7 Å². The van der Waals surface area contributed by atoms with Gasteiger partial charge >= 0.3 is 0 Å². The second-order valence-corrected chi connectivity index (χ2v) is 7.23. The van der Waals surface area contributed by atoms with Crippen LogP contribution in [0.15, 0.2) is 24.3 Å². The Hall–Kier alpha value is -1.46. The molecule has 0 amide bonds. The quantitative estimate of drug-likeness (QED) is 0.355. The summed E-state index contributed by atoms with van der Waals surface area (Å²) < 4.78 is 11.3. The van der Waals surface area contributed by atoms with E-state index in [0.717, 1.165) is 0 Å². The highest BCUT2D eigenvalue weighted by atomic mass is 16.5. The van der Waals surface area contributed by atoms with Crippen molar-refractivity contribution in [3.63, 3.8) is 0 Å². The molecule has 3 rings (SSSR count). The monoisotopic (exact) mass is 384 g/mol. The summed E-state index contributed by atoms with van der Waals surface area (Å²) in [6, 6.07) is 7.03. The van der Waals surface area contributed by atoms with Gasteiger partial charge in [-0.2, -0.15) is 0 Å². The topological polar surface area (TPSA) is 144 Å². The highest BCUT2D eigenvalue weighted by Crippen LogP contribution is 2.29. The van der Waals surface area contributed by atoms with Crippen molar-refractivity contribution in [3.05, 3.63) is 24.3 Å². The predicted molar refractivity (Wildman–Crippen MR) is 97.0 cm³/mol. The van der Waals surface area contributed by atoms with Gasteiger partial charge in [0, 0.05) is 6.42 Å². The fourth-order valence-corrected chi connectivity index (χ4v) is 3.40. The molecule has 9 heteroatoms. The van der Waals surface area contributed by atoms with Crippen molar-refractivity contribution in [3.8, 4) is 0 Å². The van der Waals surface area contributed by atoms with Crippen LogP contribution in [0.1, 0.15) is 20.3 Å². The second kappa shape index (κ2) is 8.27. The Balaban J connectivity index is 1.74. The van der Waals surface area contributed by atoms with E-state index in [9.17, 15) is 25.5 Å². The molecule has 2 fully saturated rings. The molecule has 9 unspecified atom stereocenters. The molecule has 2 saturated heterocycles. The van der Waals surface area contributed by atoms with Crippen LogP contribution < -0.4 is 10.6 Å².